The van der Waals surface area contributed by atoms with E-state index >= 15 is 0 Å². The number of hydrazone groups is 1. The van der Waals surface area contributed by atoms with Crippen molar-refractivity contribution in [3.05, 3.63) is 64.2 Å². The van der Waals surface area contributed by atoms with E-state index in [0.29, 0.717) is 0 Å². The van der Waals surface area contributed by atoms with E-state index in [4.69, 9.17) is 21.4 Å². The van der Waals surface area contributed by atoms with Crippen LogP contribution in [-0.2, 0) is 0 Å². The fraction of sp³-hybridized carbons (Fsp3) is 0.381. The first-order valence-corrected chi connectivity index (χ1v) is 9.45. The van der Waals surface area contributed by atoms with Crippen LogP contribution in [0.15, 0.2) is 47.6 Å². The number of halogens is 1. The Morgan fingerprint density at radius 2 is 1.88 bits per heavy atom. The molecular weight excluding hydrogens is 332 g/mol. The lowest BCUT2D eigenvalue weighted by molar-refractivity contribution is -0.114. The topological polar surface area (TPSA) is 24.8 Å². The third kappa shape index (κ3) is 2.36. The summed E-state index contributed by atoms with van der Waals surface area (Å²) in [6.07, 6.45) is 5.37. The van der Waals surface area contributed by atoms with Gasteiger partial charge in [0.1, 0.15) is 5.75 Å². The summed E-state index contributed by atoms with van der Waals surface area (Å²) in [5.41, 5.74) is 4.51. The maximum atomic E-state index is 6.51. The molecule has 1 spiro atoms. The lowest BCUT2D eigenvalue weighted by Gasteiger charge is -2.45. The number of rotatable bonds is 1. The third-order valence-corrected chi connectivity index (χ3v) is 5.96. The summed E-state index contributed by atoms with van der Waals surface area (Å²) in [6.45, 7) is 2.11. The van der Waals surface area contributed by atoms with E-state index in [-0.39, 0.29) is 11.8 Å². The van der Waals surface area contributed by atoms with Crippen molar-refractivity contribution in [2.75, 3.05) is 0 Å². The first-order valence-electron chi connectivity index (χ1n) is 9.07. The molecule has 4 heteroatoms. The summed E-state index contributed by atoms with van der Waals surface area (Å²) >= 11 is 6.28. The van der Waals surface area contributed by atoms with Crippen LogP contribution in [0.3, 0.4) is 0 Å². The van der Waals surface area contributed by atoms with Crippen LogP contribution in [-0.4, -0.2) is 16.4 Å². The number of hydrogen-bond donors (Lipinski definition) is 0. The summed E-state index contributed by atoms with van der Waals surface area (Å²) in [7, 11) is 0. The summed E-state index contributed by atoms with van der Waals surface area (Å²) in [6, 6.07) is 14.9. The molecule has 3 nitrogen and oxygen atoms in total. The Hall–Kier alpha value is -2.00. The van der Waals surface area contributed by atoms with Gasteiger partial charge in [0.2, 0.25) is 0 Å². The molecule has 0 bridgehead atoms. The van der Waals surface area contributed by atoms with Crippen molar-refractivity contribution >= 4 is 17.3 Å². The zero-order chi connectivity index (χ0) is 17.0. The molecule has 2 aliphatic heterocycles. The second kappa shape index (κ2) is 5.50. The van der Waals surface area contributed by atoms with Crippen LogP contribution in [0.5, 0.6) is 5.75 Å². The molecule has 0 unspecified atom stereocenters. The van der Waals surface area contributed by atoms with Gasteiger partial charge >= 0.3 is 0 Å². The molecule has 1 saturated carbocycles. The minimum absolute atomic E-state index is 0.219. The Labute approximate surface area is 153 Å². The van der Waals surface area contributed by atoms with Crippen molar-refractivity contribution in [2.24, 2.45) is 5.10 Å². The van der Waals surface area contributed by atoms with Gasteiger partial charge in [0, 0.05) is 29.8 Å². The molecule has 0 aromatic heterocycles. The van der Waals surface area contributed by atoms with Gasteiger partial charge in [-0.2, -0.15) is 5.10 Å². The molecular formula is C21H21ClN2O. The highest BCUT2D eigenvalue weighted by Gasteiger charge is 2.51. The Kier molecular flexibility index (Phi) is 3.36. The van der Waals surface area contributed by atoms with Gasteiger partial charge in [-0.25, -0.2) is 5.01 Å². The molecule has 0 saturated heterocycles. The summed E-state index contributed by atoms with van der Waals surface area (Å²) in [4.78, 5) is 0. The van der Waals surface area contributed by atoms with Gasteiger partial charge < -0.3 is 4.74 Å². The van der Waals surface area contributed by atoms with Crippen LogP contribution >= 0.6 is 11.6 Å². The molecule has 1 atom stereocenters. The third-order valence-electron chi connectivity index (χ3n) is 5.73. The van der Waals surface area contributed by atoms with E-state index < -0.39 is 0 Å². The zero-order valence-electron chi connectivity index (χ0n) is 14.3. The Balaban J connectivity index is 1.60. The average Bonchev–Trinajstić information content (AvgIpc) is 3.25. The molecule has 3 aliphatic rings. The van der Waals surface area contributed by atoms with Gasteiger partial charge in [0.25, 0.3) is 0 Å². The van der Waals surface area contributed by atoms with E-state index in [1.807, 2.05) is 18.2 Å². The quantitative estimate of drug-likeness (QED) is 0.680. The second-order valence-electron chi connectivity index (χ2n) is 7.41. The van der Waals surface area contributed by atoms with E-state index in [2.05, 4.69) is 36.2 Å². The number of hydrogen-bond acceptors (Lipinski definition) is 3. The van der Waals surface area contributed by atoms with E-state index in [1.54, 1.807) is 0 Å². The molecule has 0 N–H and O–H groups in total. The zero-order valence-corrected chi connectivity index (χ0v) is 15.1. The maximum Gasteiger partial charge on any atom is 0.198 e. The normalized spacial score (nSPS) is 23.2. The van der Waals surface area contributed by atoms with Gasteiger partial charge in [-0.3, -0.25) is 0 Å². The summed E-state index contributed by atoms with van der Waals surface area (Å²) in [5, 5.41) is 8.06. The number of aryl methyl sites for hydroxylation is 1. The molecule has 0 amide bonds. The van der Waals surface area contributed by atoms with Gasteiger partial charge in [-0.15, -0.1) is 0 Å². The minimum Gasteiger partial charge on any atom is -0.466 e. The lowest BCUT2D eigenvalue weighted by Crippen LogP contribution is -2.51. The van der Waals surface area contributed by atoms with Crippen molar-refractivity contribution in [1.29, 1.82) is 0 Å². The molecule has 25 heavy (non-hydrogen) atoms. The van der Waals surface area contributed by atoms with Crippen LogP contribution in [0.25, 0.3) is 0 Å². The van der Waals surface area contributed by atoms with Crippen LogP contribution < -0.4 is 4.74 Å². The number of ether oxygens (including phenoxy) is 1. The van der Waals surface area contributed by atoms with Crippen molar-refractivity contribution < 1.29 is 4.74 Å². The maximum absolute atomic E-state index is 6.51. The number of fused-ring (bicyclic) bond motifs is 4. The lowest BCUT2D eigenvalue weighted by atomic mass is 9.94. The summed E-state index contributed by atoms with van der Waals surface area (Å²) < 4.78 is 6.51. The van der Waals surface area contributed by atoms with Crippen LogP contribution in [0.2, 0.25) is 5.02 Å². The number of benzene rings is 2. The largest absolute Gasteiger partial charge is 0.466 e. The van der Waals surface area contributed by atoms with Crippen molar-refractivity contribution in [2.45, 2.75) is 50.8 Å². The first-order chi connectivity index (χ1) is 12.1. The second-order valence-corrected chi connectivity index (χ2v) is 7.85. The fourth-order valence-electron chi connectivity index (χ4n) is 4.43. The van der Waals surface area contributed by atoms with Gasteiger partial charge in [0.05, 0.1) is 11.8 Å². The van der Waals surface area contributed by atoms with Crippen LogP contribution in [0, 0.1) is 6.92 Å². The minimum atomic E-state index is -0.280. The highest BCUT2D eigenvalue weighted by atomic mass is 35.5. The van der Waals surface area contributed by atoms with E-state index in [1.165, 1.54) is 24.0 Å². The Morgan fingerprint density at radius 3 is 2.64 bits per heavy atom. The molecule has 0 radical (unpaired) electrons. The molecule has 128 valence electrons. The Morgan fingerprint density at radius 1 is 1.12 bits per heavy atom. The SMILES string of the molecule is Cc1ccc(C2=NN3[C@H](C2)c2cc(Cl)ccc2OC32CCCC2)cc1. The predicted octanol–water partition coefficient (Wildman–Crippen LogP) is 5.46. The standard InChI is InChI=1S/C21H21ClN2O/c1-14-4-6-15(7-5-14)18-13-19-17-12-16(22)8-9-20(17)25-21(24(19)23-18)10-2-3-11-21/h4-9,12,19H,2-3,10-11,13H2,1H3/t19-/m1/s1. The molecule has 2 aromatic rings. The predicted molar refractivity (Wildman–Crippen MR) is 100 cm³/mol. The summed E-state index contributed by atoms with van der Waals surface area (Å²) in [5.74, 6) is 0.980. The van der Waals surface area contributed by atoms with E-state index in [9.17, 15) is 0 Å². The highest BCUT2D eigenvalue weighted by molar-refractivity contribution is 6.30. The molecule has 1 aliphatic carbocycles. The van der Waals surface area contributed by atoms with Crippen molar-refractivity contribution in [3.8, 4) is 5.75 Å². The smallest absolute Gasteiger partial charge is 0.198 e. The number of nitrogens with zero attached hydrogens (tertiary/aromatic N) is 2. The first kappa shape index (κ1) is 15.3. The van der Waals surface area contributed by atoms with Gasteiger partial charge in [0.15, 0.2) is 5.72 Å². The highest BCUT2D eigenvalue weighted by Crippen LogP contribution is 2.52. The monoisotopic (exact) mass is 352 g/mol. The van der Waals surface area contributed by atoms with Crippen LogP contribution in [0.1, 0.15) is 54.8 Å². The fourth-order valence-corrected chi connectivity index (χ4v) is 4.61. The van der Waals surface area contributed by atoms with Gasteiger partial charge in [-0.05, 0) is 43.5 Å². The molecule has 2 aromatic carbocycles. The van der Waals surface area contributed by atoms with Gasteiger partial charge in [-0.1, -0.05) is 41.4 Å². The molecule has 2 heterocycles. The Bertz CT molecular complexity index is 853. The van der Waals surface area contributed by atoms with Crippen molar-refractivity contribution in [1.82, 2.24) is 5.01 Å². The van der Waals surface area contributed by atoms with Crippen LogP contribution in [0.4, 0.5) is 0 Å². The van der Waals surface area contributed by atoms with Crippen molar-refractivity contribution in [3.63, 3.8) is 0 Å². The molecule has 5 rings (SSSR count). The average molecular weight is 353 g/mol. The molecule has 1 fully saturated rings. The van der Waals surface area contributed by atoms with E-state index in [0.717, 1.165) is 41.3 Å².